The molecule has 1 aromatic carbocycles. The van der Waals surface area contributed by atoms with Crippen LogP contribution in [0.4, 0.5) is 0 Å². The van der Waals surface area contributed by atoms with Gasteiger partial charge in [0, 0.05) is 0 Å². The van der Waals surface area contributed by atoms with Gasteiger partial charge in [0.15, 0.2) is 5.78 Å². The quantitative estimate of drug-likeness (QED) is 0.767. The molecule has 1 rings (SSSR count). The topological polar surface area (TPSA) is 52.3 Å². The molecule has 3 nitrogen and oxygen atoms in total. The zero-order valence-electron chi connectivity index (χ0n) is 9.41. The van der Waals surface area contributed by atoms with Crippen molar-refractivity contribution in [3.8, 4) is 5.75 Å². The molecule has 1 aromatic rings. The second-order valence-electron chi connectivity index (χ2n) is 3.59. The van der Waals surface area contributed by atoms with Crippen molar-refractivity contribution >= 4 is 5.78 Å². The van der Waals surface area contributed by atoms with Crippen LogP contribution in [0, 0.1) is 6.92 Å². The second kappa shape index (κ2) is 4.94. The van der Waals surface area contributed by atoms with Crippen molar-refractivity contribution in [3.05, 3.63) is 29.3 Å². The predicted octanol–water partition coefficient (Wildman–Crippen LogP) is 1.92. The molecule has 0 aromatic heterocycles. The van der Waals surface area contributed by atoms with Gasteiger partial charge in [0.25, 0.3) is 0 Å². The number of nitrogens with two attached hydrogens (primary N) is 1. The molecule has 0 bridgehead atoms. The minimum Gasteiger partial charge on any atom is -0.493 e. The first kappa shape index (κ1) is 11.7. The summed E-state index contributed by atoms with van der Waals surface area (Å²) in [6.07, 6.45) is 0. The van der Waals surface area contributed by atoms with Crippen LogP contribution in [0.1, 0.15) is 29.8 Å². The summed E-state index contributed by atoms with van der Waals surface area (Å²) in [6.45, 7) is 6.05. The monoisotopic (exact) mass is 207 g/mol. The lowest BCUT2D eigenvalue weighted by atomic mass is 10.0. The van der Waals surface area contributed by atoms with Gasteiger partial charge in [0.05, 0.1) is 18.2 Å². The number of carbonyl (C=O) groups is 1. The molecule has 0 heterocycles. The van der Waals surface area contributed by atoms with Crippen molar-refractivity contribution in [2.45, 2.75) is 26.8 Å². The molecular weight excluding hydrogens is 190 g/mol. The average molecular weight is 207 g/mol. The summed E-state index contributed by atoms with van der Waals surface area (Å²) in [6, 6.07) is 5.06. The number of hydrogen-bond donors (Lipinski definition) is 1. The molecule has 0 spiro atoms. The number of aryl methyl sites for hydroxylation is 1. The van der Waals surface area contributed by atoms with Crippen molar-refractivity contribution in [2.24, 2.45) is 5.73 Å². The molecule has 1 atom stereocenters. The Labute approximate surface area is 90.2 Å². The van der Waals surface area contributed by atoms with E-state index in [1.54, 1.807) is 6.92 Å². The number of rotatable bonds is 4. The first-order chi connectivity index (χ1) is 7.06. The van der Waals surface area contributed by atoms with Crippen LogP contribution in [0.2, 0.25) is 0 Å². The summed E-state index contributed by atoms with van der Waals surface area (Å²) >= 11 is 0. The third-order valence-corrected chi connectivity index (χ3v) is 2.11. The van der Waals surface area contributed by atoms with E-state index in [1.807, 2.05) is 32.0 Å². The van der Waals surface area contributed by atoms with Crippen molar-refractivity contribution in [3.63, 3.8) is 0 Å². The van der Waals surface area contributed by atoms with Crippen LogP contribution in [-0.2, 0) is 0 Å². The van der Waals surface area contributed by atoms with Gasteiger partial charge in [-0.25, -0.2) is 0 Å². The Morgan fingerprint density at radius 1 is 1.53 bits per heavy atom. The Kier molecular flexibility index (Phi) is 3.86. The first-order valence-electron chi connectivity index (χ1n) is 5.09. The van der Waals surface area contributed by atoms with E-state index in [0.717, 1.165) is 5.56 Å². The molecule has 3 heteroatoms. The van der Waals surface area contributed by atoms with Gasteiger partial charge in [-0.1, -0.05) is 11.6 Å². The summed E-state index contributed by atoms with van der Waals surface area (Å²) < 4.78 is 5.39. The van der Waals surface area contributed by atoms with Crippen LogP contribution >= 0.6 is 0 Å². The molecule has 0 saturated heterocycles. The van der Waals surface area contributed by atoms with Crippen LogP contribution in [0.3, 0.4) is 0 Å². The minimum atomic E-state index is -0.494. The minimum absolute atomic E-state index is 0.0813. The Bertz CT molecular complexity index is 359. The third-order valence-electron chi connectivity index (χ3n) is 2.11. The maximum absolute atomic E-state index is 11.8. The fraction of sp³-hybridized carbons (Fsp3) is 0.417. The average Bonchev–Trinajstić information content (AvgIpc) is 2.20. The number of hydrogen-bond acceptors (Lipinski definition) is 3. The van der Waals surface area contributed by atoms with Gasteiger partial charge in [-0.05, 0) is 32.9 Å². The van der Waals surface area contributed by atoms with Gasteiger partial charge >= 0.3 is 0 Å². The normalized spacial score (nSPS) is 12.3. The number of carbonyl (C=O) groups excluding carboxylic acids is 1. The van der Waals surface area contributed by atoms with E-state index in [9.17, 15) is 4.79 Å². The van der Waals surface area contributed by atoms with Crippen LogP contribution in [0.25, 0.3) is 0 Å². The molecule has 0 aliphatic heterocycles. The first-order valence-corrected chi connectivity index (χ1v) is 5.09. The Balaban J connectivity index is 3.12. The fourth-order valence-corrected chi connectivity index (χ4v) is 1.36. The lowest BCUT2D eigenvalue weighted by Crippen LogP contribution is -2.27. The number of ether oxygens (including phenoxy) is 1. The van der Waals surface area contributed by atoms with E-state index in [2.05, 4.69) is 0 Å². The van der Waals surface area contributed by atoms with Gasteiger partial charge in [-0.2, -0.15) is 0 Å². The molecule has 0 aliphatic carbocycles. The molecule has 0 radical (unpaired) electrons. The number of Topliss-reactive ketones (excluding diaryl/α,β-unsaturated/α-hetero) is 1. The van der Waals surface area contributed by atoms with Crippen LogP contribution in [-0.4, -0.2) is 18.4 Å². The van der Waals surface area contributed by atoms with Gasteiger partial charge in [0.1, 0.15) is 5.75 Å². The van der Waals surface area contributed by atoms with E-state index < -0.39 is 6.04 Å². The van der Waals surface area contributed by atoms with E-state index in [0.29, 0.717) is 17.9 Å². The highest BCUT2D eigenvalue weighted by atomic mass is 16.5. The Hall–Kier alpha value is -1.35. The van der Waals surface area contributed by atoms with E-state index in [4.69, 9.17) is 10.5 Å². The summed E-state index contributed by atoms with van der Waals surface area (Å²) in [5.41, 5.74) is 7.18. The molecule has 1 unspecified atom stereocenters. The number of benzene rings is 1. The molecule has 0 aliphatic rings. The zero-order chi connectivity index (χ0) is 11.4. The second-order valence-corrected chi connectivity index (χ2v) is 3.59. The summed E-state index contributed by atoms with van der Waals surface area (Å²) in [4.78, 5) is 11.8. The lowest BCUT2D eigenvalue weighted by Gasteiger charge is -2.11. The molecule has 0 fully saturated rings. The number of ketones is 1. The standard InChI is InChI=1S/C12H17NO2/c1-4-15-11-6-5-8(2)7-10(11)12(14)9(3)13/h5-7,9H,4,13H2,1-3H3. The maximum Gasteiger partial charge on any atom is 0.182 e. The fourth-order valence-electron chi connectivity index (χ4n) is 1.36. The van der Waals surface area contributed by atoms with E-state index >= 15 is 0 Å². The predicted molar refractivity (Wildman–Crippen MR) is 60.3 cm³/mol. The SMILES string of the molecule is CCOc1ccc(C)cc1C(=O)C(C)N. The molecule has 15 heavy (non-hydrogen) atoms. The molecule has 0 saturated carbocycles. The highest BCUT2D eigenvalue weighted by molar-refractivity contribution is 6.02. The van der Waals surface area contributed by atoms with Crippen molar-refractivity contribution < 1.29 is 9.53 Å². The van der Waals surface area contributed by atoms with Gasteiger partial charge in [-0.3, -0.25) is 4.79 Å². The van der Waals surface area contributed by atoms with Gasteiger partial charge in [0.2, 0.25) is 0 Å². The highest BCUT2D eigenvalue weighted by Gasteiger charge is 2.16. The van der Waals surface area contributed by atoms with Crippen molar-refractivity contribution in [1.29, 1.82) is 0 Å². The highest BCUT2D eigenvalue weighted by Crippen LogP contribution is 2.21. The summed E-state index contributed by atoms with van der Waals surface area (Å²) in [7, 11) is 0. The van der Waals surface area contributed by atoms with Crippen molar-refractivity contribution in [1.82, 2.24) is 0 Å². The summed E-state index contributed by atoms with van der Waals surface area (Å²) in [5.74, 6) is 0.535. The van der Waals surface area contributed by atoms with Gasteiger partial charge < -0.3 is 10.5 Å². The largest absolute Gasteiger partial charge is 0.493 e. The molecule has 0 amide bonds. The van der Waals surface area contributed by atoms with Crippen molar-refractivity contribution in [2.75, 3.05) is 6.61 Å². The molecule has 2 N–H and O–H groups in total. The van der Waals surface area contributed by atoms with Gasteiger partial charge in [-0.15, -0.1) is 0 Å². The maximum atomic E-state index is 11.8. The molecular formula is C12H17NO2. The zero-order valence-corrected chi connectivity index (χ0v) is 9.41. The Morgan fingerprint density at radius 3 is 2.73 bits per heavy atom. The Morgan fingerprint density at radius 2 is 2.20 bits per heavy atom. The van der Waals surface area contributed by atoms with E-state index in [-0.39, 0.29) is 5.78 Å². The summed E-state index contributed by atoms with van der Waals surface area (Å²) in [5, 5.41) is 0. The van der Waals surface area contributed by atoms with Crippen LogP contribution < -0.4 is 10.5 Å². The molecule has 82 valence electrons. The van der Waals surface area contributed by atoms with Crippen LogP contribution in [0.5, 0.6) is 5.75 Å². The van der Waals surface area contributed by atoms with E-state index in [1.165, 1.54) is 0 Å². The third kappa shape index (κ3) is 2.80. The lowest BCUT2D eigenvalue weighted by molar-refractivity contribution is 0.0964. The van der Waals surface area contributed by atoms with Crippen LogP contribution in [0.15, 0.2) is 18.2 Å². The smallest absolute Gasteiger partial charge is 0.182 e.